The fourth-order valence-corrected chi connectivity index (χ4v) is 3.81. The van der Waals surface area contributed by atoms with E-state index >= 15 is 0 Å². The summed E-state index contributed by atoms with van der Waals surface area (Å²) in [6.07, 6.45) is 2.46. The second kappa shape index (κ2) is 11.9. The standard InChI is InChI=1S/C25H30N4O3/c1-32-22-10-7-20(8-11-22)9-12-25(31)29-15-4-14-28(17-18-29)16-13-24(30)27-23-6-3-2-5-21(23)19-26/h2-3,5-8,10-11H,4,9,12-18H2,1H3,(H,27,30). The lowest BCUT2D eigenvalue weighted by molar-refractivity contribution is -0.131. The van der Waals surface area contributed by atoms with E-state index in [1.807, 2.05) is 29.2 Å². The molecule has 1 saturated heterocycles. The predicted octanol–water partition coefficient (Wildman–Crippen LogP) is 3.06. The van der Waals surface area contributed by atoms with Crippen LogP contribution in [0.1, 0.15) is 30.4 Å². The smallest absolute Gasteiger partial charge is 0.225 e. The van der Waals surface area contributed by atoms with Crippen molar-refractivity contribution in [3.05, 3.63) is 59.7 Å². The Bertz CT molecular complexity index is 952. The van der Waals surface area contributed by atoms with Gasteiger partial charge in [-0.3, -0.25) is 9.59 Å². The molecule has 32 heavy (non-hydrogen) atoms. The Morgan fingerprint density at radius 1 is 1.03 bits per heavy atom. The first-order valence-electron chi connectivity index (χ1n) is 11.0. The lowest BCUT2D eigenvalue weighted by Crippen LogP contribution is -2.36. The highest BCUT2D eigenvalue weighted by Crippen LogP contribution is 2.15. The minimum Gasteiger partial charge on any atom is -0.497 e. The van der Waals surface area contributed by atoms with Gasteiger partial charge in [0.2, 0.25) is 11.8 Å². The van der Waals surface area contributed by atoms with Crippen LogP contribution in [-0.2, 0) is 16.0 Å². The zero-order valence-electron chi connectivity index (χ0n) is 18.5. The van der Waals surface area contributed by atoms with Gasteiger partial charge in [-0.2, -0.15) is 5.26 Å². The van der Waals surface area contributed by atoms with Crippen molar-refractivity contribution in [1.82, 2.24) is 9.80 Å². The van der Waals surface area contributed by atoms with Crippen molar-refractivity contribution < 1.29 is 14.3 Å². The Morgan fingerprint density at radius 2 is 1.81 bits per heavy atom. The number of nitriles is 1. The molecule has 0 aliphatic carbocycles. The first-order chi connectivity index (χ1) is 15.6. The van der Waals surface area contributed by atoms with Gasteiger partial charge in [-0.25, -0.2) is 0 Å². The number of nitrogens with one attached hydrogen (secondary N) is 1. The monoisotopic (exact) mass is 434 g/mol. The van der Waals surface area contributed by atoms with Gasteiger partial charge in [0.25, 0.3) is 0 Å². The second-order valence-corrected chi connectivity index (χ2v) is 7.88. The molecule has 1 fully saturated rings. The summed E-state index contributed by atoms with van der Waals surface area (Å²) >= 11 is 0. The Hall–Kier alpha value is -3.37. The number of hydrogen-bond donors (Lipinski definition) is 1. The fourth-order valence-electron chi connectivity index (χ4n) is 3.81. The average molecular weight is 435 g/mol. The van der Waals surface area contributed by atoms with Crippen LogP contribution in [0.3, 0.4) is 0 Å². The number of methoxy groups -OCH3 is 1. The van der Waals surface area contributed by atoms with Crippen molar-refractivity contribution in [3.8, 4) is 11.8 Å². The molecular weight excluding hydrogens is 404 g/mol. The number of amides is 2. The average Bonchev–Trinajstić information content (AvgIpc) is 3.08. The molecule has 7 heteroatoms. The van der Waals surface area contributed by atoms with Gasteiger partial charge >= 0.3 is 0 Å². The molecule has 2 aromatic carbocycles. The number of ether oxygens (including phenoxy) is 1. The molecule has 0 saturated carbocycles. The Morgan fingerprint density at radius 3 is 2.56 bits per heavy atom. The van der Waals surface area contributed by atoms with Crippen LogP contribution in [0.25, 0.3) is 0 Å². The highest BCUT2D eigenvalue weighted by molar-refractivity contribution is 5.92. The minimum atomic E-state index is -0.107. The molecule has 7 nitrogen and oxygen atoms in total. The van der Waals surface area contributed by atoms with Gasteiger partial charge < -0.3 is 19.9 Å². The number of rotatable bonds is 8. The van der Waals surface area contributed by atoms with Crippen LogP contribution < -0.4 is 10.1 Å². The highest BCUT2D eigenvalue weighted by atomic mass is 16.5. The molecule has 0 aromatic heterocycles. The van der Waals surface area contributed by atoms with Crippen molar-refractivity contribution in [2.45, 2.75) is 25.7 Å². The molecule has 3 rings (SSSR count). The van der Waals surface area contributed by atoms with Crippen LogP contribution in [0.2, 0.25) is 0 Å². The zero-order chi connectivity index (χ0) is 22.8. The number of para-hydroxylation sites is 1. The molecule has 1 aliphatic rings. The van der Waals surface area contributed by atoms with E-state index in [9.17, 15) is 9.59 Å². The van der Waals surface area contributed by atoms with Crippen molar-refractivity contribution in [2.75, 3.05) is 45.2 Å². The third kappa shape index (κ3) is 6.82. The Labute approximate surface area is 189 Å². The zero-order valence-corrected chi connectivity index (χ0v) is 18.5. The molecule has 0 bridgehead atoms. The van der Waals surface area contributed by atoms with Crippen molar-refractivity contribution in [3.63, 3.8) is 0 Å². The van der Waals surface area contributed by atoms with Gasteiger partial charge in [0.05, 0.1) is 18.4 Å². The first-order valence-corrected chi connectivity index (χ1v) is 11.0. The largest absolute Gasteiger partial charge is 0.497 e. The van der Waals surface area contributed by atoms with Crippen LogP contribution in [0, 0.1) is 11.3 Å². The van der Waals surface area contributed by atoms with E-state index in [-0.39, 0.29) is 11.8 Å². The number of nitrogens with zero attached hydrogens (tertiary/aromatic N) is 3. The van der Waals surface area contributed by atoms with E-state index in [1.165, 1.54) is 0 Å². The summed E-state index contributed by atoms with van der Waals surface area (Å²) in [5.74, 6) is 0.883. The Kier molecular flexibility index (Phi) is 8.64. The van der Waals surface area contributed by atoms with Gasteiger partial charge in [0.1, 0.15) is 11.8 Å². The van der Waals surface area contributed by atoms with Crippen LogP contribution in [-0.4, -0.2) is 61.4 Å². The van der Waals surface area contributed by atoms with Gasteiger partial charge in [-0.1, -0.05) is 24.3 Å². The van der Waals surface area contributed by atoms with E-state index in [1.54, 1.807) is 31.4 Å². The molecule has 0 unspecified atom stereocenters. The Balaban J connectivity index is 1.40. The molecule has 1 heterocycles. The quantitative estimate of drug-likeness (QED) is 0.690. The van der Waals surface area contributed by atoms with Gasteiger partial charge in [0.15, 0.2) is 0 Å². The van der Waals surface area contributed by atoms with Crippen LogP contribution in [0.15, 0.2) is 48.5 Å². The lowest BCUT2D eigenvalue weighted by atomic mass is 10.1. The molecule has 0 radical (unpaired) electrons. The van der Waals surface area contributed by atoms with Crippen LogP contribution in [0.4, 0.5) is 5.69 Å². The molecule has 168 valence electrons. The molecule has 2 amide bonds. The maximum Gasteiger partial charge on any atom is 0.225 e. The maximum atomic E-state index is 12.7. The number of carbonyl (C=O) groups is 2. The molecule has 0 spiro atoms. The molecule has 0 atom stereocenters. The van der Waals surface area contributed by atoms with Gasteiger partial charge in [0, 0.05) is 39.0 Å². The van der Waals surface area contributed by atoms with Gasteiger partial charge in [-0.05, 0) is 49.2 Å². The molecule has 1 aliphatic heterocycles. The molecule has 1 N–H and O–H groups in total. The first kappa shape index (κ1) is 23.3. The number of carbonyl (C=O) groups excluding carboxylic acids is 2. The normalized spacial score (nSPS) is 14.3. The summed E-state index contributed by atoms with van der Waals surface area (Å²) in [6.45, 7) is 3.69. The second-order valence-electron chi connectivity index (χ2n) is 7.88. The van der Waals surface area contributed by atoms with Crippen molar-refractivity contribution in [2.24, 2.45) is 0 Å². The topological polar surface area (TPSA) is 85.7 Å². The lowest BCUT2D eigenvalue weighted by Gasteiger charge is -2.22. The maximum absolute atomic E-state index is 12.7. The summed E-state index contributed by atoms with van der Waals surface area (Å²) in [6, 6.07) is 16.9. The third-order valence-electron chi connectivity index (χ3n) is 5.70. The number of anilines is 1. The summed E-state index contributed by atoms with van der Waals surface area (Å²) in [4.78, 5) is 29.2. The van der Waals surface area contributed by atoms with E-state index in [0.717, 1.165) is 37.4 Å². The number of hydrogen-bond acceptors (Lipinski definition) is 5. The fraction of sp³-hybridized carbons (Fsp3) is 0.400. The summed E-state index contributed by atoms with van der Waals surface area (Å²) in [5.41, 5.74) is 2.13. The third-order valence-corrected chi connectivity index (χ3v) is 5.70. The van der Waals surface area contributed by atoms with Crippen LogP contribution >= 0.6 is 0 Å². The van der Waals surface area contributed by atoms with E-state index < -0.39 is 0 Å². The van der Waals surface area contributed by atoms with E-state index in [4.69, 9.17) is 10.00 Å². The van der Waals surface area contributed by atoms with Crippen LogP contribution in [0.5, 0.6) is 5.75 Å². The number of aryl methyl sites for hydroxylation is 1. The van der Waals surface area contributed by atoms with Crippen molar-refractivity contribution in [1.29, 1.82) is 5.26 Å². The summed E-state index contributed by atoms with van der Waals surface area (Å²) in [5, 5.41) is 12.0. The van der Waals surface area contributed by atoms with Gasteiger partial charge in [-0.15, -0.1) is 0 Å². The minimum absolute atomic E-state index is 0.107. The summed E-state index contributed by atoms with van der Waals surface area (Å²) in [7, 11) is 1.64. The number of benzene rings is 2. The summed E-state index contributed by atoms with van der Waals surface area (Å²) < 4.78 is 5.17. The molecule has 2 aromatic rings. The highest BCUT2D eigenvalue weighted by Gasteiger charge is 2.19. The molecular formula is C25H30N4O3. The predicted molar refractivity (Wildman–Crippen MR) is 123 cm³/mol. The van der Waals surface area contributed by atoms with Crippen molar-refractivity contribution >= 4 is 17.5 Å². The van der Waals surface area contributed by atoms with E-state index in [0.29, 0.717) is 43.6 Å². The van der Waals surface area contributed by atoms with E-state index in [2.05, 4.69) is 16.3 Å². The SMILES string of the molecule is COc1ccc(CCC(=O)N2CCCN(CCC(=O)Nc3ccccc3C#N)CC2)cc1.